The van der Waals surface area contributed by atoms with Gasteiger partial charge in [-0.2, -0.15) is 0 Å². The van der Waals surface area contributed by atoms with Gasteiger partial charge in [0, 0.05) is 28.6 Å². The molecule has 0 saturated carbocycles. The van der Waals surface area contributed by atoms with E-state index in [1.165, 1.54) is 31.9 Å². The maximum absolute atomic E-state index is 11.9. The summed E-state index contributed by atoms with van der Waals surface area (Å²) in [5.41, 5.74) is 5.58. The van der Waals surface area contributed by atoms with E-state index in [0.717, 1.165) is 35.3 Å². The number of aromatic nitrogens is 1. The van der Waals surface area contributed by atoms with Crippen molar-refractivity contribution in [3.05, 3.63) is 39.2 Å². The number of carbonyl (C=O) groups excluding carboxylic acids is 2. The standard InChI is InChI=1S/C16H20N2O.C6H10O3/c1-5-16(4)8-17-14-7-13-11(6-12(14)16)9(2)10(3)15(19)18-13;1-4(5(2)7)6(8)9-3/h6-7,17H,5,8H2,1-4H3,(H,18,19);4H,1-3H3. The fourth-order valence-electron chi connectivity index (χ4n) is 3.29. The van der Waals surface area contributed by atoms with Crippen molar-refractivity contribution >= 4 is 28.3 Å². The number of hydrogen-bond acceptors (Lipinski definition) is 5. The van der Waals surface area contributed by atoms with Crippen molar-refractivity contribution < 1.29 is 14.3 Å². The average molecular weight is 386 g/mol. The zero-order valence-corrected chi connectivity index (χ0v) is 17.8. The van der Waals surface area contributed by atoms with Crippen LogP contribution in [0.4, 0.5) is 5.69 Å². The normalized spacial score (nSPS) is 18.5. The molecule has 0 spiro atoms. The molecule has 1 aliphatic heterocycles. The summed E-state index contributed by atoms with van der Waals surface area (Å²) < 4.78 is 4.31. The molecule has 0 saturated heterocycles. The number of ether oxygens (including phenoxy) is 1. The summed E-state index contributed by atoms with van der Waals surface area (Å²) in [6.07, 6.45) is 1.11. The number of esters is 1. The Morgan fingerprint density at radius 1 is 1.25 bits per heavy atom. The van der Waals surface area contributed by atoms with Gasteiger partial charge in [0.05, 0.1) is 12.6 Å². The van der Waals surface area contributed by atoms with E-state index in [9.17, 15) is 14.4 Å². The quantitative estimate of drug-likeness (QED) is 0.621. The molecule has 0 bridgehead atoms. The first-order valence-electron chi connectivity index (χ1n) is 9.55. The molecule has 3 rings (SSSR count). The largest absolute Gasteiger partial charge is 0.468 e. The highest BCUT2D eigenvalue weighted by Crippen LogP contribution is 2.41. The average Bonchev–Trinajstić information content (AvgIpc) is 3.00. The molecule has 1 aliphatic rings. The van der Waals surface area contributed by atoms with Crippen LogP contribution in [0.5, 0.6) is 0 Å². The summed E-state index contributed by atoms with van der Waals surface area (Å²) >= 11 is 0. The number of hydrogen-bond donors (Lipinski definition) is 2. The summed E-state index contributed by atoms with van der Waals surface area (Å²) in [5.74, 6) is -1.25. The second-order valence-corrected chi connectivity index (χ2v) is 7.77. The van der Waals surface area contributed by atoms with Crippen LogP contribution < -0.4 is 10.9 Å². The van der Waals surface area contributed by atoms with Crippen molar-refractivity contribution in [3.8, 4) is 0 Å². The smallest absolute Gasteiger partial charge is 0.315 e. The summed E-state index contributed by atoms with van der Waals surface area (Å²) in [6.45, 7) is 12.3. The molecule has 0 fully saturated rings. The maximum Gasteiger partial charge on any atom is 0.315 e. The molecule has 1 aromatic heterocycles. The number of aromatic amines is 1. The molecule has 2 atom stereocenters. The van der Waals surface area contributed by atoms with Gasteiger partial charge in [-0.1, -0.05) is 13.8 Å². The lowest BCUT2D eigenvalue weighted by Gasteiger charge is -2.22. The van der Waals surface area contributed by atoms with Gasteiger partial charge < -0.3 is 15.0 Å². The predicted octanol–water partition coefficient (Wildman–Crippen LogP) is 3.62. The third-order valence-electron chi connectivity index (χ3n) is 5.98. The topological polar surface area (TPSA) is 88.3 Å². The van der Waals surface area contributed by atoms with E-state index in [1.54, 1.807) is 0 Å². The molecule has 6 nitrogen and oxygen atoms in total. The van der Waals surface area contributed by atoms with Crippen molar-refractivity contribution in [2.45, 2.75) is 53.4 Å². The maximum atomic E-state index is 11.9. The number of aryl methyl sites for hydroxylation is 1. The van der Waals surface area contributed by atoms with Crippen LogP contribution in [-0.4, -0.2) is 30.4 Å². The zero-order chi connectivity index (χ0) is 21.2. The molecule has 0 amide bonds. The van der Waals surface area contributed by atoms with Crippen molar-refractivity contribution in [1.82, 2.24) is 4.98 Å². The van der Waals surface area contributed by atoms with Crippen molar-refractivity contribution in [3.63, 3.8) is 0 Å². The van der Waals surface area contributed by atoms with Gasteiger partial charge in [-0.05, 0) is 57.4 Å². The number of H-pyrrole nitrogens is 1. The number of pyridine rings is 1. The first kappa shape index (κ1) is 21.7. The van der Waals surface area contributed by atoms with Gasteiger partial charge in [-0.3, -0.25) is 14.4 Å². The van der Waals surface area contributed by atoms with Gasteiger partial charge >= 0.3 is 5.97 Å². The monoisotopic (exact) mass is 386 g/mol. The minimum absolute atomic E-state index is 0.0150. The Labute approximate surface area is 165 Å². The van der Waals surface area contributed by atoms with E-state index < -0.39 is 11.9 Å². The molecular formula is C22H30N2O4. The number of methoxy groups -OCH3 is 1. The molecule has 2 unspecified atom stereocenters. The van der Waals surface area contributed by atoms with E-state index in [4.69, 9.17) is 0 Å². The highest BCUT2D eigenvalue weighted by Gasteiger charge is 2.33. The van der Waals surface area contributed by atoms with Crippen molar-refractivity contribution in [1.29, 1.82) is 0 Å². The lowest BCUT2D eigenvalue weighted by molar-refractivity contribution is -0.148. The molecule has 152 valence electrons. The molecule has 0 radical (unpaired) electrons. The van der Waals surface area contributed by atoms with Crippen LogP contribution >= 0.6 is 0 Å². The summed E-state index contributed by atoms with van der Waals surface area (Å²) in [6, 6.07) is 4.34. The van der Waals surface area contributed by atoms with E-state index in [0.29, 0.717) is 0 Å². The second kappa shape index (κ2) is 8.17. The summed E-state index contributed by atoms with van der Waals surface area (Å²) in [4.78, 5) is 35.8. The SMILES string of the molecule is CCC1(C)CNc2cc3[nH]c(=O)c(C)c(C)c3cc21.COC(=O)C(C)C(C)=O. The van der Waals surface area contributed by atoms with Crippen molar-refractivity contribution in [2.75, 3.05) is 19.0 Å². The Morgan fingerprint density at radius 3 is 2.39 bits per heavy atom. The van der Waals surface area contributed by atoms with Crippen molar-refractivity contribution in [2.24, 2.45) is 5.92 Å². The number of Topliss-reactive ketones (excluding diaryl/α,β-unsaturated/α-hetero) is 1. The van der Waals surface area contributed by atoms with E-state index in [-0.39, 0.29) is 16.8 Å². The van der Waals surface area contributed by atoms with Crippen LogP contribution in [0.1, 0.15) is 50.8 Å². The first-order valence-corrected chi connectivity index (χ1v) is 9.55. The number of benzene rings is 1. The third-order valence-corrected chi connectivity index (χ3v) is 5.98. The highest BCUT2D eigenvalue weighted by atomic mass is 16.5. The van der Waals surface area contributed by atoms with Crippen LogP contribution in [0, 0.1) is 19.8 Å². The highest BCUT2D eigenvalue weighted by molar-refractivity contribution is 5.97. The predicted molar refractivity (Wildman–Crippen MR) is 112 cm³/mol. The van der Waals surface area contributed by atoms with Gasteiger partial charge in [0.2, 0.25) is 0 Å². The molecule has 1 aromatic carbocycles. The van der Waals surface area contributed by atoms with E-state index in [2.05, 4.69) is 41.0 Å². The Kier molecular flexibility index (Phi) is 6.32. The molecule has 2 N–H and O–H groups in total. The molecular weight excluding hydrogens is 356 g/mol. The van der Waals surface area contributed by atoms with Crippen LogP contribution in [0.3, 0.4) is 0 Å². The number of nitrogens with one attached hydrogen (secondary N) is 2. The first-order chi connectivity index (χ1) is 13.1. The minimum Gasteiger partial charge on any atom is -0.468 e. The lowest BCUT2D eigenvalue weighted by atomic mass is 9.81. The van der Waals surface area contributed by atoms with Gasteiger partial charge in [0.1, 0.15) is 11.7 Å². The van der Waals surface area contributed by atoms with Gasteiger partial charge in [-0.25, -0.2) is 0 Å². The zero-order valence-electron chi connectivity index (χ0n) is 17.8. The Morgan fingerprint density at radius 2 is 1.89 bits per heavy atom. The van der Waals surface area contributed by atoms with Gasteiger partial charge in [0.25, 0.3) is 5.56 Å². The fraction of sp³-hybridized carbons (Fsp3) is 0.500. The number of ketones is 1. The van der Waals surface area contributed by atoms with E-state index >= 15 is 0 Å². The van der Waals surface area contributed by atoms with Gasteiger partial charge in [0.15, 0.2) is 0 Å². The fourth-order valence-corrected chi connectivity index (χ4v) is 3.29. The van der Waals surface area contributed by atoms with Crippen LogP contribution in [0.2, 0.25) is 0 Å². The number of rotatable bonds is 3. The third kappa shape index (κ3) is 3.96. The summed E-state index contributed by atoms with van der Waals surface area (Å²) in [7, 11) is 1.27. The van der Waals surface area contributed by atoms with Crippen LogP contribution in [0.25, 0.3) is 10.9 Å². The second-order valence-electron chi connectivity index (χ2n) is 7.77. The van der Waals surface area contributed by atoms with E-state index in [1.807, 2.05) is 13.8 Å². The molecule has 2 aromatic rings. The molecule has 28 heavy (non-hydrogen) atoms. The Bertz CT molecular complexity index is 977. The number of anilines is 1. The molecule has 2 heterocycles. The number of fused-ring (bicyclic) bond motifs is 2. The molecule has 0 aliphatic carbocycles. The van der Waals surface area contributed by atoms with Crippen LogP contribution in [0.15, 0.2) is 16.9 Å². The van der Waals surface area contributed by atoms with Gasteiger partial charge in [-0.15, -0.1) is 0 Å². The summed E-state index contributed by atoms with van der Waals surface area (Å²) in [5, 5.41) is 4.63. The number of carbonyl (C=O) groups is 2. The molecule has 6 heteroatoms. The van der Waals surface area contributed by atoms with Crippen LogP contribution in [-0.2, 0) is 19.7 Å². The minimum atomic E-state index is -0.616. The Balaban J connectivity index is 0.000000266. The Hall–Kier alpha value is -2.63. The lowest BCUT2D eigenvalue weighted by Crippen LogP contribution is -2.22.